The number of ether oxygens (including phenoxy) is 1. The van der Waals surface area contributed by atoms with Crippen LogP contribution in [0.5, 0.6) is 0 Å². The molecule has 0 saturated heterocycles. The van der Waals surface area contributed by atoms with E-state index in [1.165, 1.54) is 23.1 Å². The zero-order valence-electron chi connectivity index (χ0n) is 15.9. The van der Waals surface area contributed by atoms with Crippen molar-refractivity contribution in [3.05, 3.63) is 60.2 Å². The Bertz CT molecular complexity index is 682. The van der Waals surface area contributed by atoms with E-state index in [1.54, 1.807) is 0 Å². The first-order chi connectivity index (χ1) is 12.7. The molecule has 2 aromatic carbocycles. The minimum absolute atomic E-state index is 0.0409. The molecule has 0 aliphatic heterocycles. The first kappa shape index (κ1) is 18.7. The maximum atomic E-state index is 12.5. The first-order valence-corrected chi connectivity index (χ1v) is 10.1. The monoisotopic (exact) mass is 350 g/mol. The van der Waals surface area contributed by atoms with Gasteiger partial charge >= 0.3 is 5.97 Å². The number of hydrogen-bond donors (Lipinski definition) is 0. The zero-order valence-corrected chi connectivity index (χ0v) is 15.9. The Hall–Kier alpha value is -2.09. The molecule has 0 unspecified atom stereocenters. The van der Waals surface area contributed by atoms with Crippen molar-refractivity contribution in [2.75, 3.05) is 6.61 Å². The highest BCUT2D eigenvalue weighted by atomic mass is 16.5. The van der Waals surface area contributed by atoms with E-state index in [0.29, 0.717) is 6.61 Å². The fourth-order valence-electron chi connectivity index (χ4n) is 4.19. The van der Waals surface area contributed by atoms with Gasteiger partial charge in [0.25, 0.3) is 0 Å². The molecule has 2 nitrogen and oxygen atoms in total. The highest BCUT2D eigenvalue weighted by Gasteiger charge is 2.40. The molecule has 3 rings (SSSR count). The highest BCUT2D eigenvalue weighted by Crippen LogP contribution is 2.41. The number of esters is 1. The molecule has 138 valence electrons. The SMILES string of the molecule is CCOC(=O)C1(CCCc2ccc(-c3ccccc3)cc2)CCCCC1. The molecule has 0 atom stereocenters. The molecule has 1 aliphatic rings. The van der Waals surface area contributed by atoms with E-state index < -0.39 is 0 Å². The van der Waals surface area contributed by atoms with Gasteiger partial charge in [-0.05, 0) is 55.7 Å². The molecule has 0 N–H and O–H groups in total. The van der Waals surface area contributed by atoms with E-state index in [0.717, 1.165) is 44.9 Å². The predicted molar refractivity (Wildman–Crippen MR) is 107 cm³/mol. The van der Waals surface area contributed by atoms with Crippen LogP contribution in [0, 0.1) is 5.41 Å². The molecule has 0 aromatic heterocycles. The molecular weight excluding hydrogens is 320 g/mol. The Morgan fingerprint density at radius 1 is 0.923 bits per heavy atom. The van der Waals surface area contributed by atoms with E-state index in [2.05, 4.69) is 48.5 Å². The summed E-state index contributed by atoms with van der Waals surface area (Å²) in [5.41, 5.74) is 3.63. The standard InChI is InChI=1S/C24H30O2/c1-2-26-23(25)24(17-7-4-8-18-24)19-9-10-20-13-15-22(16-14-20)21-11-5-3-6-12-21/h3,5-6,11-16H,2,4,7-10,17-19H2,1H3. The van der Waals surface area contributed by atoms with Gasteiger partial charge in [-0.1, -0.05) is 73.9 Å². The van der Waals surface area contributed by atoms with Crippen LogP contribution in [-0.4, -0.2) is 12.6 Å². The van der Waals surface area contributed by atoms with Crippen molar-refractivity contribution in [1.29, 1.82) is 0 Å². The maximum Gasteiger partial charge on any atom is 0.312 e. The third kappa shape index (κ3) is 4.55. The van der Waals surface area contributed by atoms with Gasteiger partial charge in [0, 0.05) is 0 Å². The summed E-state index contributed by atoms with van der Waals surface area (Å²) < 4.78 is 5.41. The number of carbonyl (C=O) groups excluding carboxylic acids is 1. The van der Waals surface area contributed by atoms with Gasteiger partial charge in [-0.3, -0.25) is 4.79 Å². The molecule has 0 amide bonds. The first-order valence-electron chi connectivity index (χ1n) is 10.1. The Kier molecular flexibility index (Phi) is 6.49. The second kappa shape index (κ2) is 9.02. The van der Waals surface area contributed by atoms with Crippen LogP contribution in [0.25, 0.3) is 11.1 Å². The van der Waals surface area contributed by atoms with Gasteiger partial charge in [0.15, 0.2) is 0 Å². The van der Waals surface area contributed by atoms with Crippen LogP contribution < -0.4 is 0 Å². The molecule has 0 spiro atoms. The van der Waals surface area contributed by atoms with Gasteiger partial charge in [0.05, 0.1) is 12.0 Å². The normalized spacial score (nSPS) is 16.2. The lowest BCUT2D eigenvalue weighted by molar-refractivity contribution is -0.158. The van der Waals surface area contributed by atoms with Crippen molar-refractivity contribution >= 4 is 5.97 Å². The Morgan fingerprint density at radius 2 is 1.58 bits per heavy atom. The van der Waals surface area contributed by atoms with Crippen LogP contribution in [-0.2, 0) is 16.0 Å². The van der Waals surface area contributed by atoms with E-state index in [-0.39, 0.29) is 11.4 Å². The molecule has 0 bridgehead atoms. The van der Waals surface area contributed by atoms with E-state index >= 15 is 0 Å². The average Bonchev–Trinajstić information content (AvgIpc) is 2.70. The molecule has 26 heavy (non-hydrogen) atoms. The quantitative estimate of drug-likeness (QED) is 0.557. The highest BCUT2D eigenvalue weighted by molar-refractivity contribution is 5.77. The van der Waals surface area contributed by atoms with Crippen LogP contribution >= 0.6 is 0 Å². The third-order valence-corrected chi connectivity index (χ3v) is 5.70. The summed E-state index contributed by atoms with van der Waals surface area (Å²) in [6.07, 6.45) is 8.58. The molecule has 2 heteroatoms. The summed E-state index contributed by atoms with van der Waals surface area (Å²) in [5, 5.41) is 0. The summed E-state index contributed by atoms with van der Waals surface area (Å²) in [6, 6.07) is 19.3. The molecule has 1 aliphatic carbocycles. The predicted octanol–water partition coefficient (Wildman–Crippen LogP) is 6.19. The Balaban J connectivity index is 1.58. The van der Waals surface area contributed by atoms with E-state index in [1.807, 2.05) is 13.0 Å². The van der Waals surface area contributed by atoms with Crippen molar-refractivity contribution in [2.24, 2.45) is 5.41 Å². The van der Waals surface area contributed by atoms with Crippen molar-refractivity contribution in [1.82, 2.24) is 0 Å². The lowest BCUT2D eigenvalue weighted by atomic mass is 9.71. The largest absolute Gasteiger partial charge is 0.466 e. The number of aryl methyl sites for hydroxylation is 1. The van der Waals surface area contributed by atoms with Gasteiger partial charge in [0.1, 0.15) is 0 Å². The third-order valence-electron chi connectivity index (χ3n) is 5.70. The van der Waals surface area contributed by atoms with Gasteiger partial charge in [-0.15, -0.1) is 0 Å². The minimum Gasteiger partial charge on any atom is -0.466 e. The number of hydrogen-bond acceptors (Lipinski definition) is 2. The van der Waals surface area contributed by atoms with Crippen molar-refractivity contribution in [3.63, 3.8) is 0 Å². The molecule has 2 aromatic rings. The Morgan fingerprint density at radius 3 is 2.23 bits per heavy atom. The van der Waals surface area contributed by atoms with E-state index in [4.69, 9.17) is 4.74 Å². The van der Waals surface area contributed by atoms with E-state index in [9.17, 15) is 4.79 Å². The van der Waals surface area contributed by atoms with Crippen molar-refractivity contribution in [2.45, 2.75) is 58.3 Å². The van der Waals surface area contributed by atoms with Crippen molar-refractivity contribution < 1.29 is 9.53 Å². The van der Waals surface area contributed by atoms with Gasteiger partial charge in [-0.2, -0.15) is 0 Å². The summed E-state index contributed by atoms with van der Waals surface area (Å²) in [6.45, 7) is 2.39. The Labute approximate surface area is 157 Å². The number of carbonyl (C=O) groups is 1. The smallest absolute Gasteiger partial charge is 0.312 e. The number of benzene rings is 2. The summed E-state index contributed by atoms with van der Waals surface area (Å²) in [4.78, 5) is 12.5. The molecular formula is C24H30O2. The average molecular weight is 351 g/mol. The number of rotatable bonds is 7. The molecule has 0 heterocycles. The second-order valence-electron chi connectivity index (χ2n) is 7.48. The molecule has 1 fully saturated rings. The summed E-state index contributed by atoms with van der Waals surface area (Å²) in [5.74, 6) is 0.0409. The minimum atomic E-state index is -0.224. The van der Waals surface area contributed by atoms with Crippen LogP contribution in [0.15, 0.2) is 54.6 Å². The zero-order chi connectivity index (χ0) is 18.2. The fourth-order valence-corrected chi connectivity index (χ4v) is 4.19. The summed E-state index contributed by atoms with van der Waals surface area (Å²) in [7, 11) is 0. The maximum absolute atomic E-state index is 12.5. The van der Waals surface area contributed by atoms with Crippen molar-refractivity contribution in [3.8, 4) is 11.1 Å². The lowest BCUT2D eigenvalue weighted by Crippen LogP contribution is -2.35. The summed E-state index contributed by atoms with van der Waals surface area (Å²) >= 11 is 0. The molecule has 1 saturated carbocycles. The topological polar surface area (TPSA) is 26.3 Å². The lowest BCUT2D eigenvalue weighted by Gasteiger charge is -2.35. The second-order valence-corrected chi connectivity index (χ2v) is 7.48. The van der Waals surface area contributed by atoms with Gasteiger partial charge in [0.2, 0.25) is 0 Å². The van der Waals surface area contributed by atoms with Crippen LogP contribution in [0.2, 0.25) is 0 Å². The van der Waals surface area contributed by atoms with Gasteiger partial charge in [-0.25, -0.2) is 0 Å². The van der Waals surface area contributed by atoms with Crippen LogP contribution in [0.3, 0.4) is 0 Å². The van der Waals surface area contributed by atoms with Crippen LogP contribution in [0.1, 0.15) is 57.4 Å². The van der Waals surface area contributed by atoms with Crippen LogP contribution in [0.4, 0.5) is 0 Å². The van der Waals surface area contributed by atoms with Gasteiger partial charge < -0.3 is 4.74 Å². The molecule has 0 radical (unpaired) electrons. The fraction of sp³-hybridized carbons (Fsp3) is 0.458.